The Hall–Kier alpha value is -1.89. The molecule has 31 heavy (non-hydrogen) atoms. The van der Waals surface area contributed by atoms with E-state index in [4.69, 9.17) is 0 Å². The Morgan fingerprint density at radius 3 is 2.61 bits per heavy atom. The van der Waals surface area contributed by atoms with Gasteiger partial charge in [-0.1, -0.05) is 6.92 Å². The third-order valence-electron chi connectivity index (χ3n) is 4.22. The summed E-state index contributed by atoms with van der Waals surface area (Å²) in [6.45, 7) is 4.18. The summed E-state index contributed by atoms with van der Waals surface area (Å²) >= 11 is 1.68. The lowest BCUT2D eigenvalue weighted by Gasteiger charge is -2.14. The van der Waals surface area contributed by atoms with Crippen LogP contribution in [0.4, 0.5) is 4.39 Å². The van der Waals surface area contributed by atoms with E-state index in [0.717, 1.165) is 29.3 Å². The van der Waals surface area contributed by atoms with Crippen LogP contribution < -0.4 is 10.6 Å². The third kappa shape index (κ3) is 10.3. The Kier molecular flexibility index (Phi) is 13.1. The normalized spacial score (nSPS) is 11.0. The first-order valence-electron chi connectivity index (χ1n) is 9.97. The van der Waals surface area contributed by atoms with Gasteiger partial charge >= 0.3 is 0 Å². The van der Waals surface area contributed by atoms with E-state index in [1.54, 1.807) is 44.3 Å². The molecule has 0 aliphatic heterocycles. The molecule has 1 aromatic carbocycles. The number of guanidine groups is 1. The van der Waals surface area contributed by atoms with Crippen molar-refractivity contribution in [1.82, 2.24) is 30.3 Å². The maximum atomic E-state index is 13.0. The van der Waals surface area contributed by atoms with E-state index in [1.807, 2.05) is 11.5 Å². The molecule has 2 aromatic rings. The Morgan fingerprint density at radius 2 is 1.94 bits per heavy atom. The molecule has 1 heterocycles. The fourth-order valence-corrected chi connectivity index (χ4v) is 3.35. The molecule has 8 nitrogen and oxygen atoms in total. The molecule has 0 atom stereocenters. The number of aliphatic imine (C=N–C) groups is 1. The molecule has 0 radical (unpaired) electrons. The highest BCUT2D eigenvalue weighted by Gasteiger charge is 2.06. The molecule has 172 valence electrons. The van der Waals surface area contributed by atoms with Gasteiger partial charge in [0.2, 0.25) is 5.91 Å². The molecule has 11 heteroatoms. The van der Waals surface area contributed by atoms with Gasteiger partial charge in [-0.3, -0.25) is 4.79 Å². The fraction of sp³-hybridized carbons (Fsp3) is 0.500. The summed E-state index contributed by atoms with van der Waals surface area (Å²) in [5.41, 5.74) is 0. The fourth-order valence-electron chi connectivity index (χ4n) is 2.50. The number of benzene rings is 1. The van der Waals surface area contributed by atoms with Crippen molar-refractivity contribution in [3.8, 4) is 0 Å². The molecular formula is C20H31FIN7OS. The zero-order chi connectivity index (χ0) is 21.8. The molecule has 0 unspecified atom stereocenters. The van der Waals surface area contributed by atoms with Crippen LogP contribution in [0.25, 0.3) is 0 Å². The summed E-state index contributed by atoms with van der Waals surface area (Å²) in [6.07, 6.45) is 3.44. The van der Waals surface area contributed by atoms with Gasteiger partial charge in [-0.25, -0.2) is 9.38 Å². The summed E-state index contributed by atoms with van der Waals surface area (Å²) in [4.78, 5) is 18.8. The highest BCUT2D eigenvalue weighted by molar-refractivity contribution is 14.0. The minimum atomic E-state index is -0.224. The van der Waals surface area contributed by atoms with Gasteiger partial charge < -0.3 is 20.1 Å². The van der Waals surface area contributed by atoms with E-state index >= 15 is 0 Å². The second kappa shape index (κ2) is 15.0. The zero-order valence-corrected chi connectivity index (χ0v) is 21.3. The number of carbonyl (C=O) groups excluding carboxylic acids is 1. The SMILES string of the molecule is CCc1nncn1CCNC(=NCC(=O)N(C)C)NCCCSc1ccc(F)cc1.I. The molecule has 0 aliphatic carbocycles. The van der Waals surface area contributed by atoms with Crippen molar-refractivity contribution in [2.75, 3.05) is 39.5 Å². The van der Waals surface area contributed by atoms with Crippen LogP contribution in [0, 0.1) is 5.82 Å². The van der Waals surface area contributed by atoms with Crippen molar-refractivity contribution >= 4 is 47.6 Å². The number of amides is 1. The Labute approximate surface area is 204 Å². The summed E-state index contributed by atoms with van der Waals surface area (Å²) in [5.74, 6) is 2.14. The van der Waals surface area contributed by atoms with Crippen molar-refractivity contribution in [3.05, 3.63) is 42.2 Å². The topological polar surface area (TPSA) is 87.4 Å². The Balaban J connectivity index is 0.00000480. The number of carbonyl (C=O) groups is 1. The number of thioether (sulfide) groups is 1. The highest BCUT2D eigenvalue weighted by atomic mass is 127. The van der Waals surface area contributed by atoms with Gasteiger partial charge in [0, 0.05) is 45.0 Å². The predicted molar refractivity (Wildman–Crippen MR) is 134 cm³/mol. The summed E-state index contributed by atoms with van der Waals surface area (Å²) in [6, 6.07) is 6.50. The molecule has 2 rings (SSSR count). The van der Waals surface area contributed by atoms with Crippen LogP contribution in [-0.4, -0.2) is 71.0 Å². The predicted octanol–water partition coefficient (Wildman–Crippen LogP) is 2.40. The third-order valence-corrected chi connectivity index (χ3v) is 5.32. The van der Waals surface area contributed by atoms with Gasteiger partial charge in [0.1, 0.15) is 24.5 Å². The Bertz CT molecular complexity index is 814. The zero-order valence-electron chi connectivity index (χ0n) is 18.2. The largest absolute Gasteiger partial charge is 0.356 e. The minimum absolute atomic E-state index is 0. The molecule has 0 saturated carbocycles. The number of hydrogen-bond donors (Lipinski definition) is 2. The van der Waals surface area contributed by atoms with Crippen molar-refractivity contribution < 1.29 is 9.18 Å². The summed E-state index contributed by atoms with van der Waals surface area (Å²) < 4.78 is 15.0. The number of aryl methyl sites for hydroxylation is 1. The van der Waals surface area contributed by atoms with Crippen LogP contribution >= 0.6 is 35.7 Å². The second-order valence-electron chi connectivity index (χ2n) is 6.76. The van der Waals surface area contributed by atoms with Crippen LogP contribution in [0.5, 0.6) is 0 Å². The molecule has 1 aromatic heterocycles. The Morgan fingerprint density at radius 1 is 1.23 bits per heavy atom. The van der Waals surface area contributed by atoms with Gasteiger partial charge in [0.05, 0.1) is 0 Å². The second-order valence-corrected chi connectivity index (χ2v) is 7.92. The minimum Gasteiger partial charge on any atom is -0.356 e. The first-order valence-corrected chi connectivity index (χ1v) is 11.0. The lowest BCUT2D eigenvalue weighted by molar-refractivity contribution is -0.127. The number of hydrogen-bond acceptors (Lipinski definition) is 5. The van der Waals surface area contributed by atoms with Gasteiger partial charge in [0.25, 0.3) is 0 Å². The smallest absolute Gasteiger partial charge is 0.243 e. The van der Waals surface area contributed by atoms with Crippen molar-refractivity contribution in [2.45, 2.75) is 31.2 Å². The molecule has 0 spiro atoms. The molecule has 0 fully saturated rings. The first kappa shape index (κ1) is 27.1. The number of halogens is 2. The average Bonchev–Trinajstić information content (AvgIpc) is 3.19. The monoisotopic (exact) mass is 563 g/mol. The van der Waals surface area contributed by atoms with Gasteiger partial charge in [0.15, 0.2) is 5.96 Å². The van der Waals surface area contributed by atoms with Crippen LogP contribution in [0.2, 0.25) is 0 Å². The molecule has 2 N–H and O–H groups in total. The molecule has 1 amide bonds. The van der Waals surface area contributed by atoms with E-state index in [1.165, 1.54) is 17.0 Å². The molecular weight excluding hydrogens is 532 g/mol. The van der Waals surface area contributed by atoms with Crippen LogP contribution in [0.3, 0.4) is 0 Å². The average molecular weight is 563 g/mol. The maximum absolute atomic E-state index is 13.0. The number of nitrogens with zero attached hydrogens (tertiary/aromatic N) is 5. The van der Waals surface area contributed by atoms with Crippen LogP contribution in [0.1, 0.15) is 19.2 Å². The van der Waals surface area contributed by atoms with Crippen molar-refractivity contribution in [2.24, 2.45) is 4.99 Å². The number of likely N-dealkylation sites (N-methyl/N-ethyl adjacent to an activating group) is 1. The van der Waals surface area contributed by atoms with E-state index < -0.39 is 0 Å². The van der Waals surface area contributed by atoms with Crippen LogP contribution in [0.15, 0.2) is 40.5 Å². The number of rotatable bonds is 11. The van der Waals surface area contributed by atoms with E-state index in [9.17, 15) is 9.18 Å². The van der Waals surface area contributed by atoms with Gasteiger partial charge in [-0.2, -0.15) is 0 Å². The lowest BCUT2D eigenvalue weighted by Crippen LogP contribution is -2.40. The van der Waals surface area contributed by atoms with Crippen molar-refractivity contribution in [1.29, 1.82) is 0 Å². The number of aromatic nitrogens is 3. The van der Waals surface area contributed by atoms with Crippen LogP contribution in [-0.2, 0) is 17.8 Å². The number of nitrogens with one attached hydrogen (secondary N) is 2. The van der Waals surface area contributed by atoms with E-state index in [2.05, 4.69) is 25.8 Å². The standard InChI is InChI=1S/C20H30FN7OS.HI/c1-4-18-26-25-15-28(18)12-11-23-20(24-14-19(29)27(2)3)22-10-5-13-30-17-8-6-16(21)7-9-17;/h6-9,15H,4-5,10-14H2,1-3H3,(H2,22,23,24);1H. The molecule has 0 bridgehead atoms. The summed E-state index contributed by atoms with van der Waals surface area (Å²) in [7, 11) is 3.42. The van der Waals surface area contributed by atoms with Crippen molar-refractivity contribution in [3.63, 3.8) is 0 Å². The van der Waals surface area contributed by atoms with Gasteiger partial charge in [-0.05, 0) is 36.4 Å². The highest BCUT2D eigenvalue weighted by Crippen LogP contribution is 2.18. The lowest BCUT2D eigenvalue weighted by atomic mass is 10.4. The van der Waals surface area contributed by atoms with Gasteiger partial charge in [-0.15, -0.1) is 45.9 Å². The van der Waals surface area contributed by atoms with E-state index in [-0.39, 0.29) is 42.2 Å². The quantitative estimate of drug-likeness (QED) is 0.144. The van der Waals surface area contributed by atoms with E-state index in [0.29, 0.717) is 25.6 Å². The first-order chi connectivity index (χ1) is 14.5. The maximum Gasteiger partial charge on any atom is 0.243 e. The molecule has 0 aliphatic rings. The molecule has 0 saturated heterocycles. The summed E-state index contributed by atoms with van der Waals surface area (Å²) in [5, 5.41) is 14.5.